The second-order valence-electron chi connectivity index (χ2n) is 3.27. The highest BCUT2D eigenvalue weighted by molar-refractivity contribution is 7.72. The molecule has 1 aliphatic heterocycles. The highest BCUT2D eigenvalue weighted by Gasteiger charge is 2.16. The van der Waals surface area contributed by atoms with Crippen molar-refractivity contribution < 1.29 is 8.42 Å². The summed E-state index contributed by atoms with van der Waals surface area (Å²) in [6.07, 6.45) is 4.46. The van der Waals surface area contributed by atoms with Crippen LogP contribution in [0.2, 0.25) is 0 Å². The van der Waals surface area contributed by atoms with E-state index in [0.717, 1.165) is 25.9 Å². The largest absolute Gasteiger partial charge is 0.300 e. The predicted molar refractivity (Wildman–Crippen MR) is 49.8 cm³/mol. The minimum atomic E-state index is -2.22. The zero-order valence-corrected chi connectivity index (χ0v) is 8.30. The van der Waals surface area contributed by atoms with Gasteiger partial charge >= 0.3 is 0 Å². The van der Waals surface area contributed by atoms with Crippen LogP contribution >= 0.6 is 0 Å². The van der Waals surface area contributed by atoms with Crippen LogP contribution in [0.25, 0.3) is 0 Å². The number of likely N-dealkylation sites (tertiary alicyclic amines) is 1. The van der Waals surface area contributed by atoms with Gasteiger partial charge in [0.1, 0.15) is 10.7 Å². The second kappa shape index (κ2) is 4.82. The molecule has 1 aliphatic rings. The molecule has 1 atom stereocenters. The van der Waals surface area contributed by atoms with Gasteiger partial charge in [-0.2, -0.15) is 0 Å². The Morgan fingerprint density at radius 3 is 2.50 bits per heavy atom. The molecular weight excluding hydrogens is 174 g/mol. The van der Waals surface area contributed by atoms with Crippen LogP contribution in [0.3, 0.4) is 0 Å². The van der Waals surface area contributed by atoms with Crippen LogP contribution in [-0.4, -0.2) is 38.2 Å². The SMILES string of the molecule is CC(C[SH](=O)=O)N1CC[CH]CC1. The van der Waals surface area contributed by atoms with Crippen LogP contribution in [0.1, 0.15) is 19.8 Å². The smallest absolute Gasteiger partial charge is 0.141 e. The molecule has 0 N–H and O–H groups in total. The number of thiol groups is 1. The van der Waals surface area contributed by atoms with Gasteiger partial charge in [-0.3, -0.25) is 4.90 Å². The molecule has 0 aliphatic carbocycles. The van der Waals surface area contributed by atoms with Crippen LogP contribution in [0.15, 0.2) is 0 Å². The predicted octanol–water partition coefficient (Wildman–Crippen LogP) is 0.286. The summed E-state index contributed by atoms with van der Waals surface area (Å²) >= 11 is 0. The lowest BCUT2D eigenvalue weighted by Crippen LogP contribution is -2.39. The van der Waals surface area contributed by atoms with Gasteiger partial charge in [-0.1, -0.05) is 0 Å². The minimum absolute atomic E-state index is 0.194. The van der Waals surface area contributed by atoms with E-state index in [9.17, 15) is 8.42 Å². The molecule has 0 spiro atoms. The maximum atomic E-state index is 10.5. The van der Waals surface area contributed by atoms with Gasteiger partial charge in [0.05, 0.1) is 5.75 Å². The molecule has 1 fully saturated rings. The molecule has 1 saturated heterocycles. The molecule has 1 unspecified atom stereocenters. The van der Waals surface area contributed by atoms with E-state index >= 15 is 0 Å². The van der Waals surface area contributed by atoms with Crippen molar-refractivity contribution in [3.05, 3.63) is 6.42 Å². The first-order valence-corrected chi connectivity index (χ1v) is 5.74. The molecule has 0 saturated carbocycles. The molecule has 12 heavy (non-hydrogen) atoms. The van der Waals surface area contributed by atoms with Crippen molar-refractivity contribution in [1.29, 1.82) is 0 Å². The van der Waals surface area contributed by atoms with E-state index in [1.54, 1.807) is 0 Å². The van der Waals surface area contributed by atoms with Crippen LogP contribution in [-0.2, 0) is 10.7 Å². The lowest BCUT2D eigenvalue weighted by Gasteiger charge is -2.30. The summed E-state index contributed by atoms with van der Waals surface area (Å²) in [6, 6.07) is 0.194. The third kappa shape index (κ3) is 3.11. The fourth-order valence-electron chi connectivity index (χ4n) is 1.54. The molecule has 3 nitrogen and oxygen atoms in total. The first kappa shape index (κ1) is 9.99. The van der Waals surface area contributed by atoms with Crippen molar-refractivity contribution >= 4 is 10.7 Å². The number of rotatable bonds is 3. The zero-order valence-electron chi connectivity index (χ0n) is 7.40. The van der Waals surface area contributed by atoms with Crippen LogP contribution in [0.4, 0.5) is 0 Å². The van der Waals surface area contributed by atoms with E-state index in [1.807, 2.05) is 6.92 Å². The summed E-state index contributed by atoms with van der Waals surface area (Å²) in [5.74, 6) is 0.301. The van der Waals surface area contributed by atoms with Crippen molar-refractivity contribution in [2.45, 2.75) is 25.8 Å². The quantitative estimate of drug-likeness (QED) is 0.650. The molecule has 0 amide bonds. The third-order valence-electron chi connectivity index (χ3n) is 2.28. The molecule has 0 bridgehead atoms. The second-order valence-corrected chi connectivity index (χ2v) is 4.30. The van der Waals surface area contributed by atoms with Crippen molar-refractivity contribution in [3.8, 4) is 0 Å². The fraction of sp³-hybridized carbons (Fsp3) is 0.875. The molecule has 0 aromatic rings. The Morgan fingerprint density at radius 2 is 2.00 bits per heavy atom. The Bertz CT molecular complexity index is 189. The molecule has 1 heterocycles. The van der Waals surface area contributed by atoms with Gasteiger partial charge < -0.3 is 0 Å². The van der Waals surface area contributed by atoms with Gasteiger partial charge in [0.15, 0.2) is 0 Å². The molecular formula is C8H16NO2S. The Balaban J connectivity index is 2.34. The third-order valence-corrected chi connectivity index (χ3v) is 3.10. The van der Waals surface area contributed by atoms with Crippen LogP contribution < -0.4 is 0 Å². The number of nitrogens with zero attached hydrogens (tertiary/aromatic N) is 1. The van der Waals surface area contributed by atoms with E-state index in [1.165, 1.54) is 0 Å². The first-order valence-electron chi connectivity index (χ1n) is 4.37. The van der Waals surface area contributed by atoms with Gasteiger partial charge in [-0.15, -0.1) is 0 Å². The Labute approximate surface area is 75.7 Å². The monoisotopic (exact) mass is 190 g/mol. The summed E-state index contributed by atoms with van der Waals surface area (Å²) in [6.45, 7) is 4.02. The topological polar surface area (TPSA) is 37.4 Å². The fourth-order valence-corrected chi connectivity index (χ4v) is 2.20. The van der Waals surface area contributed by atoms with Crippen molar-refractivity contribution in [3.63, 3.8) is 0 Å². The summed E-state index contributed by atoms with van der Waals surface area (Å²) < 4.78 is 20.9. The molecule has 4 heteroatoms. The maximum Gasteiger partial charge on any atom is 0.141 e. The van der Waals surface area contributed by atoms with Gasteiger partial charge in [-0.25, -0.2) is 8.42 Å². The van der Waals surface area contributed by atoms with E-state index in [-0.39, 0.29) is 6.04 Å². The molecule has 1 radical (unpaired) electrons. The highest BCUT2D eigenvalue weighted by Crippen LogP contribution is 2.10. The minimum Gasteiger partial charge on any atom is -0.300 e. The Kier molecular flexibility index (Phi) is 4.01. The Morgan fingerprint density at radius 1 is 1.42 bits per heavy atom. The van der Waals surface area contributed by atoms with Gasteiger partial charge in [0, 0.05) is 6.04 Å². The lowest BCUT2D eigenvalue weighted by molar-refractivity contribution is 0.207. The van der Waals surface area contributed by atoms with Crippen molar-refractivity contribution in [2.75, 3.05) is 18.8 Å². The van der Waals surface area contributed by atoms with Crippen molar-refractivity contribution in [2.24, 2.45) is 0 Å². The number of hydrogen-bond acceptors (Lipinski definition) is 3. The van der Waals surface area contributed by atoms with E-state index in [0.29, 0.717) is 5.75 Å². The molecule has 71 valence electrons. The average Bonchev–Trinajstić information content (AvgIpc) is 2.05. The summed E-state index contributed by atoms with van der Waals surface area (Å²) in [4.78, 5) is 2.24. The summed E-state index contributed by atoms with van der Waals surface area (Å²) in [7, 11) is -2.22. The maximum absolute atomic E-state index is 10.5. The number of hydrogen-bond donors (Lipinski definition) is 1. The van der Waals surface area contributed by atoms with E-state index in [4.69, 9.17) is 0 Å². The van der Waals surface area contributed by atoms with Crippen molar-refractivity contribution in [1.82, 2.24) is 4.90 Å². The normalized spacial score (nSPS) is 22.8. The van der Waals surface area contributed by atoms with Crippen LogP contribution in [0, 0.1) is 6.42 Å². The molecule has 0 aromatic carbocycles. The Hall–Kier alpha value is -0.0900. The van der Waals surface area contributed by atoms with Gasteiger partial charge in [-0.05, 0) is 39.3 Å². The lowest BCUT2D eigenvalue weighted by atomic mass is 10.1. The van der Waals surface area contributed by atoms with Gasteiger partial charge in [0.2, 0.25) is 0 Å². The highest BCUT2D eigenvalue weighted by atomic mass is 32.2. The molecule has 0 aromatic heterocycles. The van der Waals surface area contributed by atoms with Crippen LogP contribution in [0.5, 0.6) is 0 Å². The summed E-state index contributed by atoms with van der Waals surface area (Å²) in [5.41, 5.74) is 0. The standard InChI is InChI=1S/C8H16NO2S/c1-8(7-12(10)11)9-5-3-2-4-6-9/h2,8,12H,3-7H2,1H3. The van der Waals surface area contributed by atoms with E-state index in [2.05, 4.69) is 11.3 Å². The number of piperidine rings is 1. The average molecular weight is 190 g/mol. The van der Waals surface area contributed by atoms with Gasteiger partial charge in [0.25, 0.3) is 0 Å². The summed E-state index contributed by atoms with van der Waals surface area (Å²) in [5, 5.41) is 0. The van der Waals surface area contributed by atoms with E-state index < -0.39 is 10.7 Å². The first-order chi connectivity index (χ1) is 5.70. The zero-order chi connectivity index (χ0) is 8.97. The molecule has 1 rings (SSSR count).